The molecule has 2 rings (SSSR count). The van der Waals surface area contributed by atoms with Crippen LogP contribution in [0.25, 0.3) is 0 Å². The molecule has 0 unspecified atom stereocenters. The molecule has 1 amide bonds. The first-order valence-corrected chi connectivity index (χ1v) is 7.70. The number of anilines is 2. The van der Waals surface area contributed by atoms with Gasteiger partial charge in [0.15, 0.2) is 0 Å². The molecule has 0 fully saturated rings. The van der Waals surface area contributed by atoms with Crippen LogP contribution >= 0.6 is 0 Å². The molecule has 126 valence electrons. The molecule has 2 N–H and O–H groups in total. The molecule has 24 heavy (non-hydrogen) atoms. The first-order valence-electron chi connectivity index (χ1n) is 7.70. The van der Waals surface area contributed by atoms with Crippen molar-refractivity contribution < 1.29 is 14.6 Å². The molecule has 2 aromatic carbocycles. The topological polar surface area (TPSA) is 61.8 Å². The Hall–Kier alpha value is -2.79. The highest BCUT2D eigenvalue weighted by Gasteiger charge is 2.17. The van der Waals surface area contributed by atoms with Crippen LogP contribution in [0, 0.1) is 0 Å². The maximum Gasteiger partial charge on any atom is 0.256 e. The van der Waals surface area contributed by atoms with Gasteiger partial charge in [-0.1, -0.05) is 24.3 Å². The number of amides is 1. The van der Waals surface area contributed by atoms with Crippen molar-refractivity contribution in [2.75, 3.05) is 32.1 Å². The quantitative estimate of drug-likeness (QED) is 0.732. The average Bonchev–Trinajstić information content (AvgIpc) is 2.61. The van der Waals surface area contributed by atoms with Crippen LogP contribution in [0.4, 0.5) is 11.4 Å². The number of rotatable bonds is 8. The molecule has 0 spiro atoms. The van der Waals surface area contributed by atoms with E-state index in [2.05, 4.69) is 11.9 Å². The summed E-state index contributed by atoms with van der Waals surface area (Å²) in [7, 11) is 1.61. The molecule has 2 aromatic rings. The van der Waals surface area contributed by atoms with Crippen LogP contribution in [0.2, 0.25) is 0 Å². The molecule has 0 aliphatic carbocycles. The minimum absolute atomic E-state index is 0.0922. The lowest BCUT2D eigenvalue weighted by Gasteiger charge is -2.22. The van der Waals surface area contributed by atoms with Gasteiger partial charge < -0.3 is 20.1 Å². The summed E-state index contributed by atoms with van der Waals surface area (Å²) >= 11 is 0. The van der Waals surface area contributed by atoms with E-state index < -0.39 is 0 Å². The Morgan fingerprint density at radius 2 is 2.08 bits per heavy atom. The molecule has 0 bridgehead atoms. The molecule has 0 saturated heterocycles. The predicted molar refractivity (Wildman–Crippen MR) is 95.9 cm³/mol. The van der Waals surface area contributed by atoms with Crippen molar-refractivity contribution >= 4 is 17.3 Å². The van der Waals surface area contributed by atoms with E-state index in [4.69, 9.17) is 9.84 Å². The average molecular weight is 326 g/mol. The standard InChI is InChI=1S/C19H22N2O3/c1-3-11-21(12-13-22)19(23)17-9-4-5-10-18(17)20-15-7-6-8-16(14-15)24-2/h3-10,14,20,22H,1,11-13H2,2H3. The van der Waals surface area contributed by atoms with E-state index in [0.29, 0.717) is 17.8 Å². The number of hydrogen-bond donors (Lipinski definition) is 2. The van der Waals surface area contributed by atoms with Crippen LogP contribution in [0.1, 0.15) is 10.4 Å². The van der Waals surface area contributed by atoms with Gasteiger partial charge in [-0.15, -0.1) is 6.58 Å². The van der Waals surface area contributed by atoms with Crippen molar-refractivity contribution in [3.05, 3.63) is 66.7 Å². The Kier molecular flexibility index (Phi) is 6.40. The fourth-order valence-corrected chi connectivity index (χ4v) is 2.36. The van der Waals surface area contributed by atoms with Gasteiger partial charge in [-0.2, -0.15) is 0 Å². The van der Waals surface area contributed by atoms with Crippen LogP contribution in [0.5, 0.6) is 5.75 Å². The van der Waals surface area contributed by atoms with Gasteiger partial charge in [0.25, 0.3) is 5.91 Å². The number of methoxy groups -OCH3 is 1. The second-order valence-corrected chi connectivity index (χ2v) is 5.17. The zero-order valence-electron chi connectivity index (χ0n) is 13.7. The summed E-state index contributed by atoms with van der Waals surface area (Å²) in [5, 5.41) is 12.4. The molecule has 0 saturated carbocycles. The van der Waals surface area contributed by atoms with Crippen molar-refractivity contribution in [2.45, 2.75) is 0 Å². The number of carbonyl (C=O) groups excluding carboxylic acids is 1. The van der Waals surface area contributed by atoms with E-state index in [-0.39, 0.29) is 19.1 Å². The van der Waals surface area contributed by atoms with Crippen LogP contribution in [0.3, 0.4) is 0 Å². The van der Waals surface area contributed by atoms with Gasteiger partial charge in [0.05, 0.1) is 25.0 Å². The number of para-hydroxylation sites is 1. The lowest BCUT2D eigenvalue weighted by molar-refractivity contribution is 0.0744. The van der Waals surface area contributed by atoms with E-state index in [1.165, 1.54) is 0 Å². The number of aliphatic hydroxyl groups is 1. The molecule has 0 aliphatic heterocycles. The number of ether oxygens (including phenoxy) is 1. The maximum atomic E-state index is 12.8. The van der Waals surface area contributed by atoms with Crippen molar-refractivity contribution in [3.63, 3.8) is 0 Å². The number of nitrogens with one attached hydrogen (secondary N) is 1. The molecule has 5 heteroatoms. The largest absolute Gasteiger partial charge is 0.497 e. The van der Waals surface area contributed by atoms with Crippen molar-refractivity contribution in [2.24, 2.45) is 0 Å². The van der Waals surface area contributed by atoms with Crippen LogP contribution in [-0.4, -0.2) is 42.7 Å². The lowest BCUT2D eigenvalue weighted by Crippen LogP contribution is -2.34. The van der Waals surface area contributed by atoms with Crippen molar-refractivity contribution in [1.82, 2.24) is 4.90 Å². The van der Waals surface area contributed by atoms with Crippen LogP contribution < -0.4 is 10.1 Å². The minimum Gasteiger partial charge on any atom is -0.497 e. The second kappa shape index (κ2) is 8.74. The SMILES string of the molecule is C=CCN(CCO)C(=O)c1ccccc1Nc1cccc(OC)c1. The Bertz CT molecular complexity index is 701. The van der Waals surface area contributed by atoms with Crippen molar-refractivity contribution in [1.29, 1.82) is 0 Å². The summed E-state index contributed by atoms with van der Waals surface area (Å²) in [4.78, 5) is 14.3. The summed E-state index contributed by atoms with van der Waals surface area (Å²) in [6.45, 7) is 4.21. The maximum absolute atomic E-state index is 12.8. The fraction of sp³-hybridized carbons (Fsp3) is 0.211. The van der Waals surface area contributed by atoms with E-state index in [1.807, 2.05) is 42.5 Å². The number of aliphatic hydroxyl groups excluding tert-OH is 1. The number of hydrogen-bond acceptors (Lipinski definition) is 4. The number of nitrogens with zero attached hydrogens (tertiary/aromatic N) is 1. The Morgan fingerprint density at radius 1 is 1.29 bits per heavy atom. The highest BCUT2D eigenvalue weighted by atomic mass is 16.5. The zero-order valence-corrected chi connectivity index (χ0v) is 13.7. The van der Waals surface area contributed by atoms with Gasteiger partial charge in [0, 0.05) is 24.8 Å². The van der Waals surface area contributed by atoms with Gasteiger partial charge in [-0.3, -0.25) is 4.79 Å². The molecule has 0 aromatic heterocycles. The summed E-state index contributed by atoms with van der Waals surface area (Å²) in [6.07, 6.45) is 1.64. The van der Waals surface area contributed by atoms with Gasteiger partial charge in [0.2, 0.25) is 0 Å². The van der Waals surface area contributed by atoms with Crippen LogP contribution in [0.15, 0.2) is 61.2 Å². The molecule has 0 radical (unpaired) electrons. The Labute approximate surface area is 142 Å². The third-order valence-corrected chi connectivity index (χ3v) is 3.51. The predicted octanol–water partition coefficient (Wildman–Crippen LogP) is 3.06. The molecule has 5 nitrogen and oxygen atoms in total. The smallest absolute Gasteiger partial charge is 0.256 e. The van der Waals surface area contributed by atoms with Gasteiger partial charge in [-0.05, 0) is 24.3 Å². The zero-order chi connectivity index (χ0) is 17.4. The van der Waals surface area contributed by atoms with Gasteiger partial charge in [0.1, 0.15) is 5.75 Å². The monoisotopic (exact) mass is 326 g/mol. The first kappa shape index (κ1) is 17.6. The highest BCUT2D eigenvalue weighted by Crippen LogP contribution is 2.24. The van der Waals surface area contributed by atoms with E-state index in [0.717, 1.165) is 11.4 Å². The molecular formula is C19H22N2O3. The summed E-state index contributed by atoms with van der Waals surface area (Å²) in [5.41, 5.74) is 2.06. The van der Waals surface area contributed by atoms with Gasteiger partial charge >= 0.3 is 0 Å². The second-order valence-electron chi connectivity index (χ2n) is 5.17. The summed E-state index contributed by atoms with van der Waals surface area (Å²) < 4.78 is 5.22. The fourth-order valence-electron chi connectivity index (χ4n) is 2.36. The minimum atomic E-state index is -0.157. The molecule has 0 aliphatic rings. The Morgan fingerprint density at radius 3 is 2.79 bits per heavy atom. The van der Waals surface area contributed by atoms with E-state index in [1.54, 1.807) is 24.2 Å². The number of benzene rings is 2. The highest BCUT2D eigenvalue weighted by molar-refractivity contribution is 6.00. The van der Waals surface area contributed by atoms with E-state index in [9.17, 15) is 4.79 Å². The van der Waals surface area contributed by atoms with Crippen LogP contribution in [-0.2, 0) is 0 Å². The third kappa shape index (κ3) is 4.36. The van der Waals surface area contributed by atoms with Crippen molar-refractivity contribution in [3.8, 4) is 5.75 Å². The molecule has 0 atom stereocenters. The normalized spacial score (nSPS) is 10.1. The first-order chi connectivity index (χ1) is 11.7. The van der Waals surface area contributed by atoms with E-state index >= 15 is 0 Å². The molecule has 0 heterocycles. The molecular weight excluding hydrogens is 304 g/mol. The Balaban J connectivity index is 2.28. The van der Waals surface area contributed by atoms with Gasteiger partial charge in [-0.25, -0.2) is 0 Å². The lowest BCUT2D eigenvalue weighted by atomic mass is 10.1. The third-order valence-electron chi connectivity index (χ3n) is 3.51. The summed E-state index contributed by atoms with van der Waals surface area (Å²) in [5.74, 6) is 0.576. The number of carbonyl (C=O) groups is 1. The summed E-state index contributed by atoms with van der Waals surface area (Å²) in [6, 6.07) is 14.8.